The van der Waals surface area contributed by atoms with Crippen molar-refractivity contribution in [2.24, 2.45) is 0 Å². The van der Waals surface area contributed by atoms with E-state index in [-0.39, 0.29) is 5.78 Å². The lowest BCUT2D eigenvalue weighted by Gasteiger charge is -2.44. The molecule has 1 aromatic heterocycles. The van der Waals surface area contributed by atoms with Gasteiger partial charge in [-0.05, 0) is 31.2 Å². The van der Waals surface area contributed by atoms with Crippen molar-refractivity contribution in [2.75, 3.05) is 25.1 Å². The summed E-state index contributed by atoms with van der Waals surface area (Å²) in [5.74, 6) is 2.32. The molecule has 0 bridgehead atoms. The third-order valence-corrected chi connectivity index (χ3v) is 6.29. The third-order valence-electron chi connectivity index (χ3n) is 6.29. The Morgan fingerprint density at radius 1 is 1.00 bits per heavy atom. The zero-order valence-corrected chi connectivity index (χ0v) is 17.8. The Morgan fingerprint density at radius 2 is 1.77 bits per heavy atom. The Kier molecular flexibility index (Phi) is 4.85. The molecule has 1 fully saturated rings. The molecule has 0 amide bonds. The Balaban J connectivity index is 1.29. The van der Waals surface area contributed by atoms with Gasteiger partial charge in [0.2, 0.25) is 0 Å². The zero-order valence-electron chi connectivity index (χ0n) is 17.8. The summed E-state index contributed by atoms with van der Waals surface area (Å²) < 4.78 is 11.7. The SMILES string of the molecule is COc1ccc2c(c1)OC1(CCN(c3ccc(-c4ccc(C)cc4)nn3)CC1)CC2=O. The number of ketones is 1. The van der Waals surface area contributed by atoms with E-state index in [1.807, 2.05) is 18.2 Å². The molecule has 2 aliphatic heterocycles. The Morgan fingerprint density at radius 3 is 2.45 bits per heavy atom. The van der Waals surface area contributed by atoms with Gasteiger partial charge in [-0.3, -0.25) is 4.79 Å². The number of aromatic nitrogens is 2. The van der Waals surface area contributed by atoms with Gasteiger partial charge in [0.1, 0.15) is 17.1 Å². The van der Waals surface area contributed by atoms with Crippen molar-refractivity contribution in [3.63, 3.8) is 0 Å². The molecule has 158 valence electrons. The van der Waals surface area contributed by atoms with Gasteiger partial charge in [0.15, 0.2) is 11.6 Å². The van der Waals surface area contributed by atoms with E-state index in [2.05, 4.69) is 46.3 Å². The molecule has 1 saturated heterocycles. The van der Waals surface area contributed by atoms with Crippen LogP contribution in [0.3, 0.4) is 0 Å². The summed E-state index contributed by atoms with van der Waals surface area (Å²) >= 11 is 0. The van der Waals surface area contributed by atoms with Crippen LogP contribution < -0.4 is 14.4 Å². The van der Waals surface area contributed by atoms with Crippen LogP contribution in [0.2, 0.25) is 0 Å². The number of aryl methyl sites for hydroxylation is 1. The molecular formula is C25H25N3O3. The molecule has 2 aromatic carbocycles. The van der Waals surface area contributed by atoms with Crippen molar-refractivity contribution < 1.29 is 14.3 Å². The number of benzene rings is 2. The molecule has 6 nitrogen and oxygen atoms in total. The van der Waals surface area contributed by atoms with E-state index in [1.165, 1.54) is 5.56 Å². The number of methoxy groups -OCH3 is 1. The highest BCUT2D eigenvalue weighted by Gasteiger charge is 2.43. The number of Topliss-reactive ketones (excluding diaryl/α,β-unsaturated/α-hetero) is 1. The van der Waals surface area contributed by atoms with Gasteiger partial charge in [0, 0.05) is 37.6 Å². The van der Waals surface area contributed by atoms with Gasteiger partial charge in [-0.15, -0.1) is 10.2 Å². The molecule has 0 N–H and O–H groups in total. The van der Waals surface area contributed by atoms with Crippen LogP contribution >= 0.6 is 0 Å². The largest absolute Gasteiger partial charge is 0.497 e. The molecule has 0 saturated carbocycles. The van der Waals surface area contributed by atoms with Gasteiger partial charge in [0.25, 0.3) is 0 Å². The van der Waals surface area contributed by atoms with E-state index in [0.29, 0.717) is 23.5 Å². The predicted molar refractivity (Wildman–Crippen MR) is 119 cm³/mol. The minimum atomic E-state index is -0.456. The standard InChI is InChI=1S/C25H25N3O3/c1-17-3-5-18(6-4-17)21-9-10-24(27-26-21)28-13-11-25(12-14-28)16-22(29)20-8-7-19(30-2)15-23(20)31-25/h3-10,15H,11-14,16H2,1-2H3. The van der Waals surface area contributed by atoms with Crippen molar-refractivity contribution in [1.29, 1.82) is 0 Å². The minimum absolute atomic E-state index is 0.139. The van der Waals surface area contributed by atoms with E-state index in [9.17, 15) is 4.79 Å². The van der Waals surface area contributed by atoms with Gasteiger partial charge in [-0.2, -0.15) is 0 Å². The molecule has 31 heavy (non-hydrogen) atoms. The molecule has 5 rings (SSSR count). The topological polar surface area (TPSA) is 64.6 Å². The molecule has 0 atom stereocenters. The molecule has 0 unspecified atom stereocenters. The minimum Gasteiger partial charge on any atom is -0.497 e. The van der Waals surface area contributed by atoms with Crippen LogP contribution in [0.25, 0.3) is 11.3 Å². The van der Waals surface area contributed by atoms with Crippen LogP contribution in [0.4, 0.5) is 5.82 Å². The fraction of sp³-hybridized carbons (Fsp3) is 0.320. The van der Waals surface area contributed by atoms with E-state index >= 15 is 0 Å². The number of hydrogen-bond donors (Lipinski definition) is 0. The van der Waals surface area contributed by atoms with Gasteiger partial charge >= 0.3 is 0 Å². The monoisotopic (exact) mass is 415 g/mol. The van der Waals surface area contributed by atoms with Crippen molar-refractivity contribution in [1.82, 2.24) is 10.2 Å². The first-order valence-electron chi connectivity index (χ1n) is 10.6. The predicted octanol–water partition coefficient (Wildman–Crippen LogP) is 4.47. The number of rotatable bonds is 3. The van der Waals surface area contributed by atoms with Crippen LogP contribution in [0.5, 0.6) is 11.5 Å². The summed E-state index contributed by atoms with van der Waals surface area (Å²) in [5, 5.41) is 8.89. The molecule has 3 heterocycles. The average Bonchev–Trinajstić information content (AvgIpc) is 2.80. The number of fused-ring (bicyclic) bond motifs is 1. The highest BCUT2D eigenvalue weighted by molar-refractivity contribution is 6.00. The first kappa shape index (κ1) is 19.5. The molecule has 1 spiro atoms. The number of anilines is 1. The van der Waals surface area contributed by atoms with Crippen LogP contribution in [-0.2, 0) is 0 Å². The number of piperidine rings is 1. The van der Waals surface area contributed by atoms with Gasteiger partial charge in [-0.1, -0.05) is 29.8 Å². The van der Waals surface area contributed by atoms with Crippen molar-refractivity contribution in [3.05, 3.63) is 65.7 Å². The van der Waals surface area contributed by atoms with E-state index in [4.69, 9.17) is 9.47 Å². The molecule has 2 aliphatic rings. The molecule has 3 aromatic rings. The number of nitrogens with zero attached hydrogens (tertiary/aromatic N) is 3. The van der Waals surface area contributed by atoms with Gasteiger partial charge in [-0.25, -0.2) is 0 Å². The lowest BCUT2D eigenvalue weighted by molar-refractivity contribution is 0.0229. The second-order valence-corrected chi connectivity index (χ2v) is 8.38. The van der Waals surface area contributed by atoms with Crippen LogP contribution in [0.15, 0.2) is 54.6 Å². The van der Waals surface area contributed by atoms with Gasteiger partial charge < -0.3 is 14.4 Å². The number of hydrogen-bond acceptors (Lipinski definition) is 6. The van der Waals surface area contributed by atoms with Crippen LogP contribution in [0, 0.1) is 6.92 Å². The summed E-state index contributed by atoms with van der Waals surface area (Å²) in [7, 11) is 1.62. The lowest BCUT2D eigenvalue weighted by atomic mass is 9.82. The molecule has 0 radical (unpaired) electrons. The zero-order chi connectivity index (χ0) is 21.4. The molecule has 0 aliphatic carbocycles. The number of carbonyl (C=O) groups excluding carboxylic acids is 1. The first-order valence-corrected chi connectivity index (χ1v) is 10.6. The summed E-state index contributed by atoms with van der Waals surface area (Å²) in [6.45, 7) is 3.61. The smallest absolute Gasteiger partial charge is 0.170 e. The summed E-state index contributed by atoms with van der Waals surface area (Å²) in [4.78, 5) is 15.0. The maximum atomic E-state index is 12.7. The number of ether oxygens (including phenoxy) is 2. The summed E-state index contributed by atoms with van der Waals surface area (Å²) in [6, 6.07) is 17.7. The average molecular weight is 415 g/mol. The normalized spacial score (nSPS) is 17.2. The summed E-state index contributed by atoms with van der Waals surface area (Å²) in [6.07, 6.45) is 1.94. The first-order chi connectivity index (χ1) is 15.0. The molecular weight excluding hydrogens is 390 g/mol. The maximum absolute atomic E-state index is 12.7. The van der Waals surface area contributed by atoms with Crippen LogP contribution in [-0.4, -0.2) is 41.8 Å². The fourth-order valence-corrected chi connectivity index (χ4v) is 4.40. The summed E-state index contributed by atoms with van der Waals surface area (Å²) in [5.41, 5.74) is 3.34. The van der Waals surface area contributed by atoms with Crippen molar-refractivity contribution >= 4 is 11.6 Å². The molecule has 6 heteroatoms. The number of carbonyl (C=O) groups is 1. The van der Waals surface area contributed by atoms with Crippen molar-refractivity contribution in [2.45, 2.75) is 31.8 Å². The van der Waals surface area contributed by atoms with E-state index in [1.54, 1.807) is 19.2 Å². The van der Waals surface area contributed by atoms with Gasteiger partial charge in [0.05, 0.1) is 24.8 Å². The van der Waals surface area contributed by atoms with E-state index in [0.717, 1.165) is 43.0 Å². The quantitative estimate of drug-likeness (QED) is 0.629. The van der Waals surface area contributed by atoms with Crippen molar-refractivity contribution in [3.8, 4) is 22.8 Å². The Hall–Kier alpha value is -3.41. The highest BCUT2D eigenvalue weighted by atomic mass is 16.5. The second-order valence-electron chi connectivity index (χ2n) is 8.38. The van der Waals surface area contributed by atoms with E-state index < -0.39 is 5.60 Å². The Labute approximate surface area is 181 Å². The maximum Gasteiger partial charge on any atom is 0.170 e. The second kappa shape index (κ2) is 7.69. The highest BCUT2D eigenvalue weighted by Crippen LogP contribution is 2.41. The van der Waals surface area contributed by atoms with Crippen LogP contribution in [0.1, 0.15) is 35.2 Å². The third kappa shape index (κ3) is 3.74. The Bertz CT molecular complexity index is 1100. The fourth-order valence-electron chi connectivity index (χ4n) is 4.40. The lowest BCUT2D eigenvalue weighted by Crippen LogP contribution is -2.51.